The summed E-state index contributed by atoms with van der Waals surface area (Å²) in [5, 5.41) is 7.98. The van der Waals surface area contributed by atoms with Crippen LogP contribution in [0.5, 0.6) is 17.2 Å². The molecule has 0 amide bonds. The minimum absolute atomic E-state index is 0.0169. The van der Waals surface area contributed by atoms with Crippen molar-refractivity contribution in [1.29, 1.82) is 0 Å². The Hall–Kier alpha value is -4.15. The molecule has 1 aromatic heterocycles. The summed E-state index contributed by atoms with van der Waals surface area (Å²) < 4.78 is 31.0. The second kappa shape index (κ2) is 12.4. The molecular formula is C32H36FN5O4. The molecule has 1 fully saturated rings. The summed E-state index contributed by atoms with van der Waals surface area (Å²) in [5.74, 6) is 1.62. The third-order valence-electron chi connectivity index (χ3n) is 8.00. The van der Waals surface area contributed by atoms with Gasteiger partial charge < -0.3 is 24.4 Å². The van der Waals surface area contributed by atoms with Gasteiger partial charge >= 0.3 is 0 Å². The van der Waals surface area contributed by atoms with Gasteiger partial charge in [0.05, 0.1) is 20.1 Å². The first-order chi connectivity index (χ1) is 20.5. The van der Waals surface area contributed by atoms with E-state index in [1.165, 1.54) is 17.7 Å². The average Bonchev–Trinajstić information content (AvgIpc) is 3.42. The van der Waals surface area contributed by atoms with Crippen LogP contribution in [0.3, 0.4) is 0 Å². The van der Waals surface area contributed by atoms with Gasteiger partial charge in [0, 0.05) is 62.9 Å². The Balaban J connectivity index is 1.10. The number of nitrogens with one attached hydrogen (secondary N) is 1. The van der Waals surface area contributed by atoms with E-state index in [1.54, 1.807) is 26.6 Å². The zero-order chi connectivity index (χ0) is 29.1. The Bertz CT molecular complexity index is 1460. The number of ether oxygens (including phenoxy) is 3. The summed E-state index contributed by atoms with van der Waals surface area (Å²) in [4.78, 5) is 15.0. The number of methoxy groups -OCH3 is 2. The third-order valence-corrected chi connectivity index (χ3v) is 8.00. The van der Waals surface area contributed by atoms with Crippen LogP contribution in [0.4, 0.5) is 15.8 Å². The van der Waals surface area contributed by atoms with Gasteiger partial charge in [-0.1, -0.05) is 28.9 Å². The van der Waals surface area contributed by atoms with Crippen molar-refractivity contribution in [3.05, 3.63) is 77.4 Å². The molecule has 4 heterocycles. The maximum absolute atomic E-state index is 13.2. The number of anilines is 2. The van der Waals surface area contributed by atoms with Crippen molar-refractivity contribution < 1.29 is 23.4 Å². The van der Waals surface area contributed by atoms with Gasteiger partial charge in [-0.05, 0) is 42.8 Å². The van der Waals surface area contributed by atoms with Crippen LogP contribution < -0.4 is 19.5 Å². The Labute approximate surface area is 245 Å². The maximum atomic E-state index is 13.2. The highest BCUT2D eigenvalue weighted by Gasteiger charge is 2.42. The number of aromatic nitrogens is 1. The van der Waals surface area contributed by atoms with Gasteiger partial charge in [0.2, 0.25) is 0 Å². The zero-order valence-electron chi connectivity index (χ0n) is 24.2. The molecule has 3 aliphatic rings. The monoisotopic (exact) mass is 573 g/mol. The van der Waals surface area contributed by atoms with Crippen molar-refractivity contribution in [2.75, 3.05) is 65.4 Å². The number of halogens is 1. The first-order valence-electron chi connectivity index (χ1n) is 14.2. The fourth-order valence-corrected chi connectivity index (χ4v) is 5.85. The molecule has 2 aromatic carbocycles. The molecule has 1 N–H and O–H groups in total. The van der Waals surface area contributed by atoms with Crippen molar-refractivity contribution in [3.8, 4) is 17.2 Å². The Morgan fingerprint density at radius 3 is 2.50 bits per heavy atom. The number of fused-ring (bicyclic) bond motifs is 3. The number of rotatable bonds is 9. The van der Waals surface area contributed by atoms with E-state index in [4.69, 9.17) is 19.0 Å². The van der Waals surface area contributed by atoms with Gasteiger partial charge in [0.1, 0.15) is 23.8 Å². The molecule has 3 aliphatic heterocycles. The van der Waals surface area contributed by atoms with Crippen LogP contribution in [0.1, 0.15) is 18.1 Å². The Morgan fingerprint density at radius 1 is 1.05 bits per heavy atom. The first-order valence-corrected chi connectivity index (χ1v) is 14.2. The summed E-state index contributed by atoms with van der Waals surface area (Å²) >= 11 is 0. The van der Waals surface area contributed by atoms with Gasteiger partial charge in [0.25, 0.3) is 0 Å². The van der Waals surface area contributed by atoms with E-state index in [1.807, 2.05) is 30.3 Å². The van der Waals surface area contributed by atoms with E-state index in [2.05, 4.69) is 38.3 Å². The summed E-state index contributed by atoms with van der Waals surface area (Å²) in [5.41, 5.74) is 5.54. The predicted molar refractivity (Wildman–Crippen MR) is 160 cm³/mol. The smallest absolute Gasteiger partial charge is 0.188 e. The Morgan fingerprint density at radius 2 is 1.79 bits per heavy atom. The van der Waals surface area contributed by atoms with E-state index >= 15 is 0 Å². The standard InChI is InChI=1S/C32H36FN5O4/c1-21(16-22-4-6-23(33)7-5-22)18-37-12-14-38(15-13-37)19-28-26-20-41-31-25(29(26)36-42-28)17-27(39-2)32(40-3)30(31)35-24-8-10-34-11-9-24/h4-11,16-17,26,28H,12-15,18-20H2,1-3H3,(H,34,35)/b21-16+. The number of piperazine rings is 1. The molecule has 1 saturated heterocycles. The van der Waals surface area contributed by atoms with Gasteiger partial charge in [-0.25, -0.2) is 4.39 Å². The number of hydrogen-bond acceptors (Lipinski definition) is 9. The van der Waals surface area contributed by atoms with E-state index < -0.39 is 0 Å². The molecule has 0 spiro atoms. The van der Waals surface area contributed by atoms with Gasteiger partial charge in [-0.2, -0.15) is 0 Å². The molecule has 42 heavy (non-hydrogen) atoms. The second-order valence-electron chi connectivity index (χ2n) is 10.9. The van der Waals surface area contributed by atoms with Gasteiger partial charge in [-0.15, -0.1) is 0 Å². The molecule has 0 aliphatic carbocycles. The third kappa shape index (κ3) is 5.91. The molecule has 9 nitrogen and oxygen atoms in total. The van der Waals surface area contributed by atoms with Crippen LogP contribution in [0, 0.1) is 11.7 Å². The van der Waals surface area contributed by atoms with Crippen molar-refractivity contribution >= 4 is 23.2 Å². The molecule has 2 unspecified atom stereocenters. The summed E-state index contributed by atoms with van der Waals surface area (Å²) in [6.45, 7) is 8.12. The normalized spacial score (nSPS) is 20.6. The van der Waals surface area contributed by atoms with Crippen LogP contribution in [-0.4, -0.2) is 86.7 Å². The quantitative estimate of drug-likeness (QED) is 0.391. The highest BCUT2D eigenvalue weighted by Crippen LogP contribution is 2.49. The maximum Gasteiger partial charge on any atom is 0.188 e. The van der Waals surface area contributed by atoms with Crippen LogP contribution in [0.2, 0.25) is 0 Å². The van der Waals surface area contributed by atoms with E-state index in [-0.39, 0.29) is 17.8 Å². The molecule has 220 valence electrons. The van der Waals surface area contributed by atoms with E-state index in [9.17, 15) is 4.39 Å². The predicted octanol–water partition coefficient (Wildman–Crippen LogP) is 4.81. The molecular weight excluding hydrogens is 537 g/mol. The summed E-state index contributed by atoms with van der Waals surface area (Å²) in [7, 11) is 3.24. The van der Waals surface area contributed by atoms with Crippen LogP contribution in [-0.2, 0) is 4.84 Å². The summed E-state index contributed by atoms with van der Waals surface area (Å²) in [6.07, 6.45) is 5.48. The largest absolute Gasteiger partial charge is 0.493 e. The molecule has 3 aromatic rings. The molecule has 0 bridgehead atoms. The van der Waals surface area contributed by atoms with Gasteiger partial charge in [0.15, 0.2) is 23.4 Å². The lowest BCUT2D eigenvalue weighted by molar-refractivity contribution is 0.0101. The number of hydrogen-bond donors (Lipinski definition) is 1. The van der Waals surface area contributed by atoms with Crippen LogP contribution in [0.15, 0.2) is 65.6 Å². The fraction of sp³-hybridized carbons (Fsp3) is 0.375. The van der Waals surface area contributed by atoms with Crippen LogP contribution in [0.25, 0.3) is 6.08 Å². The molecule has 2 atom stereocenters. The SMILES string of the molecule is COc1cc2c(c(Nc3ccncc3)c1OC)OCC1C2=NOC1CN1CCN(C/C(C)=C/c2ccc(F)cc2)CC1. The van der Waals surface area contributed by atoms with Crippen LogP contribution >= 0.6 is 0 Å². The lowest BCUT2D eigenvalue weighted by atomic mass is 9.89. The first kappa shape index (κ1) is 28.0. The highest BCUT2D eigenvalue weighted by molar-refractivity contribution is 6.09. The lowest BCUT2D eigenvalue weighted by Crippen LogP contribution is -2.50. The van der Waals surface area contributed by atoms with E-state index in [0.717, 1.165) is 61.8 Å². The second-order valence-corrected chi connectivity index (χ2v) is 10.9. The Kier molecular flexibility index (Phi) is 8.25. The van der Waals surface area contributed by atoms with Crippen molar-refractivity contribution in [1.82, 2.24) is 14.8 Å². The minimum Gasteiger partial charge on any atom is -0.493 e. The number of oxime groups is 1. The van der Waals surface area contributed by atoms with Crippen molar-refractivity contribution in [3.63, 3.8) is 0 Å². The van der Waals surface area contributed by atoms with Gasteiger partial charge in [-0.3, -0.25) is 14.8 Å². The highest BCUT2D eigenvalue weighted by atomic mass is 19.1. The summed E-state index contributed by atoms with van der Waals surface area (Å²) in [6, 6.07) is 12.3. The fourth-order valence-electron chi connectivity index (χ4n) is 5.85. The molecule has 0 saturated carbocycles. The molecule has 0 radical (unpaired) electrons. The number of benzene rings is 2. The topological polar surface area (TPSA) is 80.7 Å². The average molecular weight is 574 g/mol. The lowest BCUT2D eigenvalue weighted by Gasteiger charge is -2.36. The van der Waals surface area contributed by atoms with Crippen molar-refractivity contribution in [2.24, 2.45) is 11.1 Å². The van der Waals surface area contributed by atoms with E-state index in [0.29, 0.717) is 29.5 Å². The minimum atomic E-state index is -0.212. The molecule has 10 heteroatoms. The number of nitrogens with zero attached hydrogens (tertiary/aromatic N) is 4. The van der Waals surface area contributed by atoms with Crippen molar-refractivity contribution in [2.45, 2.75) is 13.0 Å². The number of pyridine rings is 1. The zero-order valence-corrected chi connectivity index (χ0v) is 24.2. The molecule has 6 rings (SSSR count).